The van der Waals surface area contributed by atoms with E-state index in [2.05, 4.69) is 36.1 Å². The Balaban J connectivity index is 0.000000791. The monoisotopic (exact) mass is 199 g/mol. The lowest BCUT2D eigenvalue weighted by Crippen LogP contribution is -2.54. The molecule has 0 radical (unpaired) electrons. The lowest BCUT2D eigenvalue weighted by atomic mass is 10.1. The van der Waals surface area contributed by atoms with E-state index in [-0.39, 0.29) is 0 Å². The molecule has 1 aliphatic rings. The smallest absolute Gasteiger partial charge is 0.0613 e. The van der Waals surface area contributed by atoms with E-state index in [4.69, 9.17) is 0 Å². The van der Waals surface area contributed by atoms with E-state index in [0.717, 1.165) is 18.8 Å². The lowest BCUT2D eigenvalue weighted by molar-refractivity contribution is 0.203. The quantitative estimate of drug-likeness (QED) is 0.696. The van der Waals surface area contributed by atoms with Crippen molar-refractivity contribution in [2.24, 2.45) is 0 Å². The average molecular weight is 199 g/mol. The first-order valence-corrected chi connectivity index (χ1v) is 5.45. The van der Waals surface area contributed by atoms with Gasteiger partial charge in [-0.25, -0.2) is 0 Å². The number of rotatable bonds is 2. The molecule has 0 aromatic heterocycles. The summed E-state index contributed by atoms with van der Waals surface area (Å²) in [5.41, 5.74) is 1.13. The zero-order chi connectivity index (χ0) is 11.1. The Morgan fingerprint density at radius 3 is 2.57 bits per heavy atom. The van der Waals surface area contributed by atoms with Crippen LogP contribution in [0.3, 0.4) is 0 Å². The zero-order valence-electron chi connectivity index (χ0n) is 10.2. The van der Waals surface area contributed by atoms with Crippen molar-refractivity contribution >= 4 is 0 Å². The molecule has 1 fully saturated rings. The number of piperazine rings is 1. The van der Waals surface area contributed by atoms with Crippen LogP contribution in [0.15, 0.2) is 12.3 Å². The predicted octanol–water partition coefficient (Wildman–Crippen LogP) is 1.04. The van der Waals surface area contributed by atoms with Gasteiger partial charge >= 0.3 is 0 Å². The maximum Gasteiger partial charge on any atom is 0.0613 e. The molecule has 2 N–H and O–H groups in total. The van der Waals surface area contributed by atoms with Crippen molar-refractivity contribution in [2.75, 3.05) is 27.2 Å². The Kier molecular flexibility index (Phi) is 6.58. The van der Waals surface area contributed by atoms with Gasteiger partial charge in [-0.1, -0.05) is 20.4 Å². The topological polar surface area (TPSA) is 27.3 Å². The minimum absolute atomic E-state index is 0.436. The fourth-order valence-electron chi connectivity index (χ4n) is 1.76. The second-order valence-corrected chi connectivity index (χ2v) is 3.58. The molecule has 2 atom stereocenters. The highest BCUT2D eigenvalue weighted by molar-refractivity contribution is 5.09. The van der Waals surface area contributed by atoms with Gasteiger partial charge < -0.3 is 10.6 Å². The molecule has 1 aliphatic heterocycles. The SMILES string of the molecule is C=C1NC(C)CN(C)C1CNC.CC. The average Bonchev–Trinajstić information content (AvgIpc) is 2.14. The van der Waals surface area contributed by atoms with Gasteiger partial charge in [-0.2, -0.15) is 0 Å². The second kappa shape index (κ2) is 6.85. The van der Waals surface area contributed by atoms with E-state index in [0.29, 0.717) is 12.1 Å². The van der Waals surface area contributed by atoms with Gasteiger partial charge in [-0.05, 0) is 21.0 Å². The molecule has 1 saturated heterocycles. The molecule has 1 rings (SSSR count). The summed E-state index contributed by atoms with van der Waals surface area (Å²) in [5, 5.41) is 6.54. The maximum atomic E-state index is 4.02. The summed E-state index contributed by atoms with van der Waals surface area (Å²) in [6.07, 6.45) is 0. The van der Waals surface area contributed by atoms with Crippen molar-refractivity contribution in [1.82, 2.24) is 15.5 Å². The molecule has 84 valence electrons. The molecule has 14 heavy (non-hydrogen) atoms. The van der Waals surface area contributed by atoms with Crippen LogP contribution < -0.4 is 10.6 Å². The van der Waals surface area contributed by atoms with Gasteiger partial charge in [0.1, 0.15) is 0 Å². The van der Waals surface area contributed by atoms with Crippen LogP contribution in [0.4, 0.5) is 0 Å². The van der Waals surface area contributed by atoms with Crippen LogP contribution >= 0.6 is 0 Å². The first-order valence-electron chi connectivity index (χ1n) is 5.45. The van der Waals surface area contributed by atoms with Gasteiger partial charge in [-0.3, -0.25) is 4.90 Å². The van der Waals surface area contributed by atoms with Crippen LogP contribution in [-0.4, -0.2) is 44.2 Å². The van der Waals surface area contributed by atoms with Crippen LogP contribution in [0.2, 0.25) is 0 Å². The number of likely N-dealkylation sites (N-methyl/N-ethyl adjacent to an activating group) is 2. The molecule has 0 aliphatic carbocycles. The number of hydrogen-bond acceptors (Lipinski definition) is 3. The highest BCUT2D eigenvalue weighted by Crippen LogP contribution is 2.11. The van der Waals surface area contributed by atoms with Crippen molar-refractivity contribution in [1.29, 1.82) is 0 Å². The van der Waals surface area contributed by atoms with E-state index in [9.17, 15) is 0 Å². The maximum absolute atomic E-state index is 4.02. The van der Waals surface area contributed by atoms with Gasteiger partial charge in [0.15, 0.2) is 0 Å². The molecule has 0 bridgehead atoms. The van der Waals surface area contributed by atoms with Crippen LogP contribution in [0.25, 0.3) is 0 Å². The number of nitrogens with one attached hydrogen (secondary N) is 2. The Hall–Kier alpha value is -0.540. The van der Waals surface area contributed by atoms with E-state index in [1.54, 1.807) is 0 Å². The summed E-state index contributed by atoms with van der Waals surface area (Å²) in [5.74, 6) is 0. The van der Waals surface area contributed by atoms with Gasteiger partial charge in [0.2, 0.25) is 0 Å². The van der Waals surface area contributed by atoms with Gasteiger partial charge in [0.25, 0.3) is 0 Å². The molecular weight excluding hydrogens is 174 g/mol. The van der Waals surface area contributed by atoms with Crippen molar-refractivity contribution in [3.8, 4) is 0 Å². The van der Waals surface area contributed by atoms with E-state index < -0.39 is 0 Å². The minimum atomic E-state index is 0.436. The molecule has 0 aromatic carbocycles. The molecule has 0 amide bonds. The second-order valence-electron chi connectivity index (χ2n) is 3.58. The summed E-state index contributed by atoms with van der Waals surface area (Å²) in [6.45, 7) is 12.3. The fraction of sp³-hybridized carbons (Fsp3) is 0.818. The molecule has 2 unspecified atom stereocenters. The number of hydrogen-bond donors (Lipinski definition) is 2. The number of nitrogens with zero attached hydrogens (tertiary/aromatic N) is 1. The largest absolute Gasteiger partial charge is 0.384 e. The van der Waals surface area contributed by atoms with Crippen molar-refractivity contribution in [3.05, 3.63) is 12.3 Å². The molecule has 0 saturated carbocycles. The first-order chi connectivity index (χ1) is 6.65. The van der Waals surface area contributed by atoms with Crippen LogP contribution in [0.5, 0.6) is 0 Å². The van der Waals surface area contributed by atoms with Crippen LogP contribution in [0.1, 0.15) is 20.8 Å². The standard InChI is InChI=1S/C9H19N3.C2H6/c1-7-6-12(4)9(5-10-3)8(2)11-7;1-2/h7,9-11H,2,5-6H2,1,3-4H3;1-2H3. The van der Waals surface area contributed by atoms with Crippen molar-refractivity contribution in [3.63, 3.8) is 0 Å². The summed E-state index contributed by atoms with van der Waals surface area (Å²) >= 11 is 0. The zero-order valence-corrected chi connectivity index (χ0v) is 10.2. The summed E-state index contributed by atoms with van der Waals surface area (Å²) < 4.78 is 0. The summed E-state index contributed by atoms with van der Waals surface area (Å²) in [4.78, 5) is 2.33. The molecule has 0 spiro atoms. The third kappa shape index (κ3) is 3.68. The third-order valence-corrected chi connectivity index (χ3v) is 2.33. The Morgan fingerprint density at radius 1 is 1.57 bits per heavy atom. The van der Waals surface area contributed by atoms with E-state index in [1.807, 2.05) is 20.9 Å². The Labute approximate surface area is 88.6 Å². The normalized spacial score (nSPS) is 27.6. The van der Waals surface area contributed by atoms with Crippen LogP contribution in [0, 0.1) is 0 Å². The molecule has 3 heteroatoms. The Morgan fingerprint density at radius 2 is 2.14 bits per heavy atom. The van der Waals surface area contributed by atoms with Crippen molar-refractivity contribution < 1.29 is 0 Å². The van der Waals surface area contributed by atoms with Gasteiger partial charge in [0, 0.05) is 24.8 Å². The molecule has 0 aromatic rings. The van der Waals surface area contributed by atoms with E-state index in [1.165, 1.54) is 0 Å². The summed E-state index contributed by atoms with van der Waals surface area (Å²) in [6, 6.07) is 0.960. The van der Waals surface area contributed by atoms with E-state index >= 15 is 0 Å². The summed E-state index contributed by atoms with van der Waals surface area (Å²) in [7, 11) is 4.11. The molecule has 3 nitrogen and oxygen atoms in total. The Bertz CT molecular complexity index is 168. The van der Waals surface area contributed by atoms with Crippen LogP contribution in [-0.2, 0) is 0 Å². The highest BCUT2D eigenvalue weighted by atomic mass is 15.2. The lowest BCUT2D eigenvalue weighted by Gasteiger charge is -2.38. The van der Waals surface area contributed by atoms with Gasteiger partial charge in [0.05, 0.1) is 6.04 Å². The molecular formula is C11H25N3. The third-order valence-electron chi connectivity index (χ3n) is 2.33. The van der Waals surface area contributed by atoms with Gasteiger partial charge in [-0.15, -0.1) is 0 Å². The molecule has 1 heterocycles. The minimum Gasteiger partial charge on any atom is -0.384 e. The fourth-order valence-corrected chi connectivity index (χ4v) is 1.76. The highest BCUT2D eigenvalue weighted by Gasteiger charge is 2.24. The predicted molar refractivity (Wildman–Crippen MR) is 63.4 cm³/mol. The van der Waals surface area contributed by atoms with Crippen molar-refractivity contribution in [2.45, 2.75) is 32.9 Å². The first kappa shape index (κ1) is 13.5.